The maximum Gasteiger partial charge on any atom is 0.267 e. The number of rotatable bonds is 7. The van der Waals surface area contributed by atoms with Crippen molar-refractivity contribution >= 4 is 57.2 Å². The summed E-state index contributed by atoms with van der Waals surface area (Å²) in [5, 5.41) is 11.8. The van der Waals surface area contributed by atoms with Crippen molar-refractivity contribution in [3.63, 3.8) is 0 Å². The molecule has 9 heteroatoms. The largest absolute Gasteiger partial charge is 0.372 e. The molecule has 180 valence electrons. The van der Waals surface area contributed by atoms with E-state index in [2.05, 4.69) is 30.9 Å². The van der Waals surface area contributed by atoms with Gasteiger partial charge in [0.1, 0.15) is 15.7 Å². The number of para-hydroxylation sites is 1. The summed E-state index contributed by atoms with van der Waals surface area (Å²) in [6.45, 7) is 2.39. The van der Waals surface area contributed by atoms with E-state index < -0.39 is 0 Å². The fourth-order valence-corrected chi connectivity index (χ4v) is 4.84. The van der Waals surface area contributed by atoms with Crippen LogP contribution in [0.3, 0.4) is 0 Å². The van der Waals surface area contributed by atoms with Crippen molar-refractivity contribution in [2.45, 2.75) is 13.5 Å². The number of anilines is 3. The Hall–Kier alpha value is -4.01. The summed E-state index contributed by atoms with van der Waals surface area (Å²) in [6, 6.07) is 23.0. The van der Waals surface area contributed by atoms with Crippen molar-refractivity contribution in [1.82, 2.24) is 15.0 Å². The third kappa shape index (κ3) is 5.15. The van der Waals surface area contributed by atoms with Gasteiger partial charge in [-0.3, -0.25) is 4.79 Å². The average Bonchev–Trinajstić information content (AvgIpc) is 3.29. The number of carbonyl (C=O) groups is 1. The highest BCUT2D eigenvalue weighted by atomic mass is 35.5. The molecule has 7 nitrogen and oxygen atoms in total. The molecule has 0 aliphatic carbocycles. The fraction of sp³-hybridized carbons (Fsp3) is 0.111. The standard InChI is InChI=1S/C27H23ClN6OS/c1-16-23(36-26(31-16)18-9-11-19(28)12-10-18)25(35)32-20-13-7-17(8-14-20)15-30-27-33-22-6-4-3-5-21(22)24(29-2)34-27/h3-14H,15H2,1-2H3,(H,32,35)(H2,29,30,33,34). The first-order valence-electron chi connectivity index (χ1n) is 11.3. The highest BCUT2D eigenvalue weighted by Gasteiger charge is 2.16. The number of carbonyl (C=O) groups excluding carboxylic acids is 1. The van der Waals surface area contributed by atoms with Crippen molar-refractivity contribution in [2.24, 2.45) is 0 Å². The molecule has 0 aliphatic rings. The molecule has 3 N–H and O–H groups in total. The van der Waals surface area contributed by atoms with Crippen LogP contribution in [-0.2, 0) is 6.54 Å². The molecular formula is C27H23ClN6OS. The molecule has 0 spiro atoms. The molecule has 5 aromatic rings. The van der Waals surface area contributed by atoms with Gasteiger partial charge >= 0.3 is 0 Å². The summed E-state index contributed by atoms with van der Waals surface area (Å²) in [4.78, 5) is 27.2. The molecule has 1 amide bonds. The monoisotopic (exact) mass is 514 g/mol. The first-order valence-corrected chi connectivity index (χ1v) is 12.5. The maximum absolute atomic E-state index is 12.9. The summed E-state index contributed by atoms with van der Waals surface area (Å²) in [6.07, 6.45) is 0. The second-order valence-corrected chi connectivity index (χ2v) is 9.54. The van der Waals surface area contributed by atoms with Crippen LogP contribution >= 0.6 is 22.9 Å². The van der Waals surface area contributed by atoms with E-state index in [9.17, 15) is 4.79 Å². The Morgan fingerprint density at radius 2 is 1.69 bits per heavy atom. The number of benzene rings is 3. The van der Waals surface area contributed by atoms with Gasteiger partial charge in [-0.2, -0.15) is 4.98 Å². The van der Waals surface area contributed by atoms with E-state index in [1.807, 2.05) is 86.8 Å². The summed E-state index contributed by atoms with van der Waals surface area (Å²) in [7, 11) is 1.85. The summed E-state index contributed by atoms with van der Waals surface area (Å²) in [5.41, 5.74) is 4.24. The fourth-order valence-electron chi connectivity index (χ4n) is 3.74. The van der Waals surface area contributed by atoms with Gasteiger partial charge in [-0.05, 0) is 48.9 Å². The lowest BCUT2D eigenvalue weighted by atomic mass is 10.2. The Kier molecular flexibility index (Phi) is 6.79. The number of aryl methyl sites for hydroxylation is 1. The van der Waals surface area contributed by atoms with Crippen LogP contribution in [0.1, 0.15) is 20.9 Å². The zero-order chi connectivity index (χ0) is 25.1. The lowest BCUT2D eigenvalue weighted by Gasteiger charge is -2.10. The lowest BCUT2D eigenvalue weighted by molar-refractivity contribution is 0.103. The smallest absolute Gasteiger partial charge is 0.267 e. The molecule has 0 bridgehead atoms. The van der Waals surface area contributed by atoms with E-state index >= 15 is 0 Å². The van der Waals surface area contributed by atoms with Gasteiger partial charge in [-0.15, -0.1) is 11.3 Å². The molecule has 0 fully saturated rings. The van der Waals surface area contributed by atoms with Crippen molar-refractivity contribution in [1.29, 1.82) is 0 Å². The van der Waals surface area contributed by atoms with E-state index in [0.717, 1.165) is 32.9 Å². The Bertz CT molecular complexity index is 1530. The third-order valence-electron chi connectivity index (χ3n) is 5.60. The molecule has 0 atom stereocenters. The third-order valence-corrected chi connectivity index (χ3v) is 7.05. The first-order chi connectivity index (χ1) is 17.5. The van der Waals surface area contributed by atoms with Crippen LogP contribution in [0.2, 0.25) is 5.02 Å². The summed E-state index contributed by atoms with van der Waals surface area (Å²) in [5.74, 6) is 1.14. The molecule has 5 rings (SSSR count). The van der Waals surface area contributed by atoms with Gasteiger partial charge in [-0.25, -0.2) is 9.97 Å². The molecule has 2 heterocycles. The van der Waals surface area contributed by atoms with Gasteiger partial charge in [0.25, 0.3) is 5.91 Å². The SMILES string of the molecule is CNc1nc(NCc2ccc(NC(=O)c3sc(-c4ccc(Cl)cc4)nc3C)cc2)nc2ccccc12. The predicted molar refractivity (Wildman–Crippen MR) is 148 cm³/mol. The van der Waals surface area contributed by atoms with Crippen LogP contribution in [0.25, 0.3) is 21.5 Å². The minimum atomic E-state index is -0.180. The predicted octanol–water partition coefficient (Wildman–Crippen LogP) is 6.62. The average molecular weight is 515 g/mol. The first kappa shape index (κ1) is 23.7. The summed E-state index contributed by atoms with van der Waals surface area (Å²) >= 11 is 7.34. The molecular weight excluding hydrogens is 492 g/mol. The van der Waals surface area contributed by atoms with Crippen molar-refractivity contribution < 1.29 is 4.79 Å². The topological polar surface area (TPSA) is 91.8 Å². The Morgan fingerprint density at radius 1 is 0.944 bits per heavy atom. The van der Waals surface area contributed by atoms with Gasteiger partial charge < -0.3 is 16.0 Å². The molecule has 2 aromatic heterocycles. The van der Waals surface area contributed by atoms with Crippen molar-refractivity contribution in [3.05, 3.63) is 94.0 Å². The molecule has 0 saturated heterocycles. The van der Waals surface area contributed by atoms with Crippen LogP contribution in [0, 0.1) is 6.92 Å². The molecule has 0 unspecified atom stereocenters. The molecule has 36 heavy (non-hydrogen) atoms. The zero-order valence-electron chi connectivity index (χ0n) is 19.7. The quantitative estimate of drug-likeness (QED) is 0.226. The minimum absolute atomic E-state index is 0.180. The van der Waals surface area contributed by atoms with Crippen LogP contribution in [0.15, 0.2) is 72.8 Å². The second-order valence-electron chi connectivity index (χ2n) is 8.11. The zero-order valence-corrected chi connectivity index (χ0v) is 21.2. The van der Waals surface area contributed by atoms with E-state index in [-0.39, 0.29) is 5.91 Å². The lowest BCUT2D eigenvalue weighted by Crippen LogP contribution is -2.11. The summed E-state index contributed by atoms with van der Waals surface area (Å²) < 4.78 is 0. The number of amides is 1. The number of fused-ring (bicyclic) bond motifs is 1. The Balaban J connectivity index is 1.24. The van der Waals surface area contributed by atoms with E-state index in [1.165, 1.54) is 11.3 Å². The molecule has 0 saturated carbocycles. The van der Waals surface area contributed by atoms with Gasteiger partial charge in [0, 0.05) is 35.3 Å². The van der Waals surface area contributed by atoms with Crippen molar-refractivity contribution in [3.8, 4) is 10.6 Å². The van der Waals surface area contributed by atoms with Crippen molar-refractivity contribution in [2.75, 3.05) is 23.0 Å². The minimum Gasteiger partial charge on any atom is -0.372 e. The van der Waals surface area contributed by atoms with E-state index in [0.29, 0.717) is 33.8 Å². The van der Waals surface area contributed by atoms with Gasteiger partial charge in [0.2, 0.25) is 5.95 Å². The van der Waals surface area contributed by atoms with E-state index in [1.54, 1.807) is 0 Å². The highest BCUT2D eigenvalue weighted by Crippen LogP contribution is 2.29. The Morgan fingerprint density at radius 3 is 2.44 bits per heavy atom. The molecule has 3 aromatic carbocycles. The number of aromatic nitrogens is 3. The van der Waals surface area contributed by atoms with E-state index in [4.69, 9.17) is 11.6 Å². The van der Waals surface area contributed by atoms with Crippen LogP contribution in [0.5, 0.6) is 0 Å². The number of hydrogen-bond donors (Lipinski definition) is 3. The number of nitrogens with zero attached hydrogens (tertiary/aromatic N) is 3. The van der Waals surface area contributed by atoms with Crippen LogP contribution < -0.4 is 16.0 Å². The number of halogens is 1. The molecule has 0 aliphatic heterocycles. The van der Waals surface area contributed by atoms with Gasteiger partial charge in [-0.1, -0.05) is 48.0 Å². The maximum atomic E-state index is 12.9. The van der Waals surface area contributed by atoms with Gasteiger partial charge in [0.15, 0.2) is 0 Å². The van der Waals surface area contributed by atoms with Crippen LogP contribution in [-0.4, -0.2) is 27.9 Å². The second kappa shape index (κ2) is 10.3. The van der Waals surface area contributed by atoms with Gasteiger partial charge in [0.05, 0.1) is 11.2 Å². The Labute approximate surface area is 217 Å². The number of nitrogens with one attached hydrogen (secondary N) is 3. The number of hydrogen-bond acceptors (Lipinski definition) is 7. The highest BCUT2D eigenvalue weighted by molar-refractivity contribution is 7.17. The number of thiazole rings is 1. The van der Waals surface area contributed by atoms with Crippen LogP contribution in [0.4, 0.5) is 17.5 Å². The normalized spacial score (nSPS) is 10.9. The molecule has 0 radical (unpaired) electrons.